The van der Waals surface area contributed by atoms with Crippen molar-refractivity contribution < 1.29 is 5.11 Å². The minimum Gasteiger partial charge on any atom is -0.393 e. The van der Waals surface area contributed by atoms with Crippen LogP contribution in [0, 0.1) is 17.8 Å². The van der Waals surface area contributed by atoms with Gasteiger partial charge < -0.3 is 5.11 Å². The molecule has 0 saturated heterocycles. The second-order valence-corrected chi connectivity index (χ2v) is 4.87. The Morgan fingerprint density at radius 3 is 2.08 bits per heavy atom. The van der Waals surface area contributed by atoms with E-state index in [1.165, 1.54) is 19.3 Å². The normalized spacial score (nSPS) is 39.5. The Hall–Kier alpha value is -0.0400. The van der Waals surface area contributed by atoms with Gasteiger partial charge in [0.05, 0.1) is 6.10 Å². The second kappa shape index (κ2) is 4.27. The highest BCUT2D eigenvalue weighted by Gasteiger charge is 2.24. The summed E-state index contributed by atoms with van der Waals surface area (Å²) in [5.41, 5.74) is 0. The van der Waals surface area contributed by atoms with Crippen molar-refractivity contribution in [2.24, 2.45) is 17.8 Å². The van der Waals surface area contributed by atoms with E-state index in [9.17, 15) is 5.11 Å². The predicted octanol–water partition coefficient (Wildman–Crippen LogP) is 2.83. The van der Waals surface area contributed by atoms with Crippen molar-refractivity contribution in [2.75, 3.05) is 0 Å². The molecule has 0 aromatic carbocycles. The molecule has 1 N–H and O–H groups in total. The van der Waals surface area contributed by atoms with Crippen molar-refractivity contribution in [2.45, 2.75) is 52.6 Å². The zero-order valence-corrected chi connectivity index (χ0v) is 8.59. The van der Waals surface area contributed by atoms with Crippen LogP contribution in [0.5, 0.6) is 0 Å². The van der Waals surface area contributed by atoms with Crippen molar-refractivity contribution in [3.8, 4) is 0 Å². The van der Waals surface area contributed by atoms with Crippen LogP contribution in [0.3, 0.4) is 0 Å². The van der Waals surface area contributed by atoms with Crippen molar-refractivity contribution in [3.05, 3.63) is 0 Å². The number of rotatable bonds is 2. The third-order valence-corrected chi connectivity index (χ3v) is 2.95. The summed E-state index contributed by atoms with van der Waals surface area (Å²) in [6.45, 7) is 6.58. The summed E-state index contributed by atoms with van der Waals surface area (Å²) >= 11 is 0. The average Bonchev–Trinajstić information content (AvgIpc) is 1.81. The van der Waals surface area contributed by atoms with Gasteiger partial charge in [-0.05, 0) is 50.4 Å². The minimum atomic E-state index is -0.104. The summed E-state index contributed by atoms with van der Waals surface area (Å²) in [6.07, 6.45) is 4.95. The molecule has 1 rings (SSSR count). The minimum absolute atomic E-state index is 0.104. The zero-order valence-electron chi connectivity index (χ0n) is 8.59. The molecule has 0 spiro atoms. The van der Waals surface area contributed by atoms with Gasteiger partial charge in [0.1, 0.15) is 0 Å². The molecular weight excluding hydrogens is 148 g/mol. The summed E-state index contributed by atoms with van der Waals surface area (Å²) in [6, 6.07) is 0. The highest BCUT2D eigenvalue weighted by Crippen LogP contribution is 2.35. The molecule has 3 unspecified atom stereocenters. The van der Waals surface area contributed by atoms with Crippen LogP contribution in [0.2, 0.25) is 0 Å². The maximum absolute atomic E-state index is 9.28. The van der Waals surface area contributed by atoms with Crippen LogP contribution in [0.15, 0.2) is 0 Å². The first-order chi connectivity index (χ1) is 5.58. The molecular formula is C11H22O. The first kappa shape index (κ1) is 10.0. The van der Waals surface area contributed by atoms with Crippen LogP contribution < -0.4 is 0 Å². The van der Waals surface area contributed by atoms with Crippen LogP contribution in [0.1, 0.15) is 46.5 Å². The Bertz CT molecular complexity index is 118. The summed E-state index contributed by atoms with van der Waals surface area (Å²) < 4.78 is 0. The van der Waals surface area contributed by atoms with Crippen molar-refractivity contribution in [1.29, 1.82) is 0 Å². The standard InChI is InChI=1S/C11H22O/c1-8-4-9(2)6-11(5-8)7-10(3)12/h8-12H,4-7H2,1-3H3. The highest BCUT2D eigenvalue weighted by atomic mass is 16.3. The van der Waals surface area contributed by atoms with Crippen LogP contribution in [-0.4, -0.2) is 11.2 Å². The summed E-state index contributed by atoms with van der Waals surface area (Å²) in [4.78, 5) is 0. The van der Waals surface area contributed by atoms with E-state index in [1.807, 2.05) is 6.92 Å². The molecule has 1 heteroatoms. The van der Waals surface area contributed by atoms with Crippen molar-refractivity contribution in [3.63, 3.8) is 0 Å². The lowest BCUT2D eigenvalue weighted by Gasteiger charge is -2.32. The first-order valence-electron chi connectivity index (χ1n) is 5.26. The molecule has 0 bridgehead atoms. The van der Waals surface area contributed by atoms with E-state index in [0.29, 0.717) is 0 Å². The van der Waals surface area contributed by atoms with E-state index in [1.54, 1.807) is 0 Å². The fraction of sp³-hybridized carbons (Fsp3) is 1.00. The Balaban J connectivity index is 2.34. The lowest BCUT2D eigenvalue weighted by atomic mass is 9.75. The van der Waals surface area contributed by atoms with Gasteiger partial charge in [0.15, 0.2) is 0 Å². The first-order valence-corrected chi connectivity index (χ1v) is 5.26. The number of aliphatic hydroxyl groups excluding tert-OH is 1. The smallest absolute Gasteiger partial charge is 0.0514 e. The molecule has 0 aromatic rings. The topological polar surface area (TPSA) is 20.2 Å². The Labute approximate surface area is 76.2 Å². The van der Waals surface area contributed by atoms with E-state index in [4.69, 9.17) is 0 Å². The monoisotopic (exact) mass is 170 g/mol. The SMILES string of the molecule is CC(O)CC1CC(C)CC(C)C1. The zero-order chi connectivity index (χ0) is 9.14. The number of aliphatic hydroxyl groups is 1. The van der Waals surface area contributed by atoms with Crippen molar-refractivity contribution in [1.82, 2.24) is 0 Å². The van der Waals surface area contributed by atoms with Crippen LogP contribution >= 0.6 is 0 Å². The van der Waals surface area contributed by atoms with E-state index in [2.05, 4.69) is 13.8 Å². The third-order valence-electron chi connectivity index (χ3n) is 2.95. The van der Waals surface area contributed by atoms with Gasteiger partial charge in [0.25, 0.3) is 0 Å². The molecule has 0 aromatic heterocycles. The van der Waals surface area contributed by atoms with Gasteiger partial charge >= 0.3 is 0 Å². The van der Waals surface area contributed by atoms with Gasteiger partial charge in [-0.25, -0.2) is 0 Å². The van der Waals surface area contributed by atoms with E-state index in [-0.39, 0.29) is 6.10 Å². The lowest BCUT2D eigenvalue weighted by Crippen LogP contribution is -2.22. The Morgan fingerprint density at radius 1 is 1.17 bits per heavy atom. The van der Waals surface area contributed by atoms with Crippen LogP contribution in [0.4, 0.5) is 0 Å². The summed E-state index contributed by atoms with van der Waals surface area (Å²) in [5, 5.41) is 9.28. The number of hydrogen-bond donors (Lipinski definition) is 1. The lowest BCUT2D eigenvalue weighted by molar-refractivity contribution is 0.121. The van der Waals surface area contributed by atoms with Gasteiger partial charge in [-0.2, -0.15) is 0 Å². The van der Waals surface area contributed by atoms with Gasteiger partial charge in [-0.1, -0.05) is 13.8 Å². The van der Waals surface area contributed by atoms with E-state index < -0.39 is 0 Å². The molecule has 1 aliphatic carbocycles. The molecule has 0 amide bonds. The largest absolute Gasteiger partial charge is 0.393 e. The second-order valence-electron chi connectivity index (χ2n) is 4.87. The van der Waals surface area contributed by atoms with Gasteiger partial charge in [0.2, 0.25) is 0 Å². The quantitative estimate of drug-likeness (QED) is 0.675. The van der Waals surface area contributed by atoms with Gasteiger partial charge in [0, 0.05) is 0 Å². The van der Waals surface area contributed by atoms with Gasteiger partial charge in [-0.15, -0.1) is 0 Å². The third kappa shape index (κ3) is 3.14. The Kier molecular flexibility index (Phi) is 3.57. The number of hydrogen-bond acceptors (Lipinski definition) is 1. The fourth-order valence-corrected chi connectivity index (χ4v) is 2.79. The van der Waals surface area contributed by atoms with E-state index >= 15 is 0 Å². The summed E-state index contributed by atoms with van der Waals surface area (Å²) in [7, 11) is 0. The van der Waals surface area contributed by atoms with Gasteiger partial charge in [-0.3, -0.25) is 0 Å². The molecule has 0 aliphatic heterocycles. The molecule has 3 atom stereocenters. The van der Waals surface area contributed by atoms with E-state index in [0.717, 1.165) is 24.2 Å². The molecule has 0 heterocycles. The molecule has 0 radical (unpaired) electrons. The highest BCUT2D eigenvalue weighted by molar-refractivity contribution is 4.75. The molecule has 1 nitrogen and oxygen atoms in total. The maximum atomic E-state index is 9.28. The maximum Gasteiger partial charge on any atom is 0.0514 e. The molecule has 1 fully saturated rings. The predicted molar refractivity (Wildman–Crippen MR) is 52.0 cm³/mol. The Morgan fingerprint density at radius 2 is 1.67 bits per heavy atom. The summed E-state index contributed by atoms with van der Waals surface area (Å²) in [5.74, 6) is 2.53. The molecule has 12 heavy (non-hydrogen) atoms. The average molecular weight is 170 g/mol. The van der Waals surface area contributed by atoms with Crippen molar-refractivity contribution >= 4 is 0 Å². The fourth-order valence-electron chi connectivity index (χ4n) is 2.79. The molecule has 1 aliphatic rings. The van der Waals surface area contributed by atoms with Crippen LogP contribution in [-0.2, 0) is 0 Å². The molecule has 72 valence electrons. The van der Waals surface area contributed by atoms with Crippen LogP contribution in [0.25, 0.3) is 0 Å². The molecule has 1 saturated carbocycles.